The van der Waals surface area contributed by atoms with Crippen LogP contribution >= 0.6 is 0 Å². The normalized spacial score (nSPS) is 14.4. The van der Waals surface area contributed by atoms with Gasteiger partial charge in [-0.2, -0.15) is 0 Å². The van der Waals surface area contributed by atoms with Gasteiger partial charge in [0.25, 0.3) is 0 Å². The number of morpholine rings is 1. The van der Waals surface area contributed by atoms with Gasteiger partial charge in [-0.25, -0.2) is 4.79 Å². The summed E-state index contributed by atoms with van der Waals surface area (Å²) >= 11 is 0. The van der Waals surface area contributed by atoms with Crippen LogP contribution in [0.2, 0.25) is 0 Å². The minimum atomic E-state index is -0.350. The van der Waals surface area contributed by atoms with E-state index in [4.69, 9.17) is 13.9 Å². The number of hydrogen-bond acceptors (Lipinski definition) is 5. The Bertz CT molecular complexity index is 1360. The smallest absolute Gasteiger partial charge is 0.336 e. The van der Waals surface area contributed by atoms with Crippen LogP contribution in [-0.2, 0) is 11.3 Å². The van der Waals surface area contributed by atoms with Crippen molar-refractivity contribution in [1.29, 1.82) is 0 Å². The molecule has 0 radical (unpaired) electrons. The summed E-state index contributed by atoms with van der Waals surface area (Å²) in [4.78, 5) is 14.8. The van der Waals surface area contributed by atoms with Crippen molar-refractivity contribution in [3.05, 3.63) is 87.8 Å². The molecule has 4 aromatic rings. The molecule has 0 atom stereocenters. The van der Waals surface area contributed by atoms with E-state index in [9.17, 15) is 4.79 Å². The highest BCUT2D eigenvalue weighted by atomic mass is 16.5. The van der Waals surface area contributed by atoms with E-state index in [1.165, 1.54) is 11.1 Å². The molecule has 1 aliphatic heterocycles. The van der Waals surface area contributed by atoms with Crippen LogP contribution in [0.5, 0.6) is 5.75 Å². The fraction of sp³-hybridized carbons (Fsp3) is 0.276. The van der Waals surface area contributed by atoms with Crippen LogP contribution in [0.25, 0.3) is 33.2 Å². The molecule has 0 bridgehead atoms. The summed E-state index contributed by atoms with van der Waals surface area (Å²) in [5.41, 5.74) is 7.91. The highest BCUT2D eigenvalue weighted by Gasteiger charge is 2.17. The van der Waals surface area contributed by atoms with Crippen molar-refractivity contribution in [1.82, 2.24) is 4.90 Å². The van der Waals surface area contributed by atoms with Crippen LogP contribution in [-0.4, -0.2) is 38.3 Å². The van der Waals surface area contributed by atoms with E-state index in [0.29, 0.717) is 5.58 Å². The molecular weight excluding hydrogens is 426 g/mol. The van der Waals surface area contributed by atoms with Crippen molar-refractivity contribution < 1.29 is 13.9 Å². The predicted octanol–water partition coefficient (Wildman–Crippen LogP) is 5.58. The second kappa shape index (κ2) is 9.45. The SMILES string of the molecule is COc1ccc(-c2cc(=O)oc3cc(C)c(-c4ccc(CN5CCOCC5)cc4)c(C)c23)cc1. The molecule has 0 saturated carbocycles. The Hall–Kier alpha value is -3.41. The van der Waals surface area contributed by atoms with E-state index >= 15 is 0 Å². The number of methoxy groups -OCH3 is 1. The van der Waals surface area contributed by atoms with E-state index in [2.05, 4.69) is 43.0 Å². The second-order valence-corrected chi connectivity index (χ2v) is 8.86. The van der Waals surface area contributed by atoms with Crippen molar-refractivity contribution in [3.63, 3.8) is 0 Å². The summed E-state index contributed by atoms with van der Waals surface area (Å²) in [5.74, 6) is 0.779. The van der Waals surface area contributed by atoms with Crippen molar-refractivity contribution in [3.8, 4) is 28.0 Å². The molecule has 0 unspecified atom stereocenters. The number of rotatable bonds is 5. The zero-order chi connectivity index (χ0) is 23.7. The molecule has 1 saturated heterocycles. The van der Waals surface area contributed by atoms with Gasteiger partial charge < -0.3 is 13.9 Å². The highest BCUT2D eigenvalue weighted by Crippen LogP contribution is 2.38. The quantitative estimate of drug-likeness (QED) is 0.368. The first kappa shape index (κ1) is 22.4. The Morgan fingerprint density at radius 2 is 1.59 bits per heavy atom. The molecule has 1 aromatic heterocycles. The monoisotopic (exact) mass is 455 g/mol. The Morgan fingerprint density at radius 1 is 0.912 bits per heavy atom. The Morgan fingerprint density at radius 3 is 2.26 bits per heavy atom. The molecular formula is C29H29NO4. The topological polar surface area (TPSA) is 51.9 Å². The van der Waals surface area contributed by atoms with Crippen molar-refractivity contribution >= 4 is 11.0 Å². The van der Waals surface area contributed by atoms with Gasteiger partial charge in [-0.05, 0) is 65.4 Å². The van der Waals surface area contributed by atoms with E-state index in [0.717, 1.165) is 71.8 Å². The maximum atomic E-state index is 12.4. The van der Waals surface area contributed by atoms with Gasteiger partial charge >= 0.3 is 5.63 Å². The van der Waals surface area contributed by atoms with Crippen molar-refractivity contribution in [2.45, 2.75) is 20.4 Å². The summed E-state index contributed by atoms with van der Waals surface area (Å²) in [7, 11) is 1.65. The molecule has 2 heterocycles. The number of benzene rings is 3. The van der Waals surface area contributed by atoms with Gasteiger partial charge in [0.15, 0.2) is 0 Å². The van der Waals surface area contributed by atoms with E-state index < -0.39 is 0 Å². The number of hydrogen-bond donors (Lipinski definition) is 0. The number of ether oxygens (including phenoxy) is 2. The molecule has 0 spiro atoms. The minimum absolute atomic E-state index is 0.350. The van der Waals surface area contributed by atoms with E-state index in [1.807, 2.05) is 30.3 Å². The lowest BCUT2D eigenvalue weighted by Gasteiger charge is -2.26. The Labute approximate surface area is 199 Å². The maximum absolute atomic E-state index is 12.4. The summed E-state index contributed by atoms with van der Waals surface area (Å²) in [5, 5.41) is 0.961. The van der Waals surface area contributed by atoms with Gasteiger partial charge in [-0.3, -0.25) is 4.90 Å². The summed E-state index contributed by atoms with van der Waals surface area (Å²) in [6.45, 7) is 8.68. The molecule has 0 aliphatic carbocycles. The van der Waals surface area contributed by atoms with Crippen LogP contribution in [0.3, 0.4) is 0 Å². The van der Waals surface area contributed by atoms with Gasteiger partial charge in [0.1, 0.15) is 11.3 Å². The van der Waals surface area contributed by atoms with Crippen LogP contribution in [0.15, 0.2) is 69.9 Å². The van der Waals surface area contributed by atoms with Crippen molar-refractivity contribution in [2.75, 3.05) is 33.4 Å². The zero-order valence-electron chi connectivity index (χ0n) is 19.9. The van der Waals surface area contributed by atoms with Crippen LogP contribution in [0.4, 0.5) is 0 Å². The lowest BCUT2D eigenvalue weighted by atomic mass is 9.89. The fourth-order valence-electron chi connectivity index (χ4n) is 4.93. The molecule has 5 nitrogen and oxygen atoms in total. The van der Waals surface area contributed by atoms with Gasteiger partial charge in [0.05, 0.1) is 20.3 Å². The van der Waals surface area contributed by atoms with E-state index in [1.54, 1.807) is 13.2 Å². The molecule has 1 fully saturated rings. The lowest BCUT2D eigenvalue weighted by molar-refractivity contribution is 0.0342. The van der Waals surface area contributed by atoms with Gasteiger partial charge in [0, 0.05) is 36.7 Å². The predicted molar refractivity (Wildman–Crippen MR) is 135 cm³/mol. The molecule has 174 valence electrons. The average molecular weight is 456 g/mol. The Kier molecular flexibility index (Phi) is 6.22. The second-order valence-electron chi connectivity index (χ2n) is 8.86. The molecule has 0 amide bonds. The van der Waals surface area contributed by atoms with Gasteiger partial charge in [-0.1, -0.05) is 36.4 Å². The maximum Gasteiger partial charge on any atom is 0.336 e. The van der Waals surface area contributed by atoms with Gasteiger partial charge in [-0.15, -0.1) is 0 Å². The van der Waals surface area contributed by atoms with Crippen LogP contribution in [0.1, 0.15) is 16.7 Å². The molecule has 3 aromatic carbocycles. The first-order chi connectivity index (χ1) is 16.5. The lowest BCUT2D eigenvalue weighted by Crippen LogP contribution is -2.35. The first-order valence-electron chi connectivity index (χ1n) is 11.7. The minimum Gasteiger partial charge on any atom is -0.497 e. The number of fused-ring (bicyclic) bond motifs is 1. The third-order valence-electron chi connectivity index (χ3n) is 6.63. The fourth-order valence-corrected chi connectivity index (χ4v) is 4.93. The van der Waals surface area contributed by atoms with Crippen molar-refractivity contribution in [2.24, 2.45) is 0 Å². The van der Waals surface area contributed by atoms with Crippen LogP contribution in [0, 0.1) is 13.8 Å². The van der Waals surface area contributed by atoms with Crippen LogP contribution < -0.4 is 10.4 Å². The standard InChI is InChI=1S/C29H29NO4/c1-19-16-26-29(25(17-27(31)34-26)22-8-10-24(32-3)11-9-22)20(2)28(19)23-6-4-21(5-7-23)18-30-12-14-33-15-13-30/h4-11,16-17H,12-15,18H2,1-3H3. The third kappa shape index (κ3) is 4.37. The van der Waals surface area contributed by atoms with Gasteiger partial charge in [0.2, 0.25) is 0 Å². The summed E-state index contributed by atoms with van der Waals surface area (Å²) < 4.78 is 16.4. The first-order valence-corrected chi connectivity index (χ1v) is 11.7. The number of aryl methyl sites for hydroxylation is 2. The zero-order valence-corrected chi connectivity index (χ0v) is 19.9. The summed E-state index contributed by atoms with van der Waals surface area (Å²) in [6, 6.07) is 20.2. The molecule has 1 aliphatic rings. The highest BCUT2D eigenvalue weighted by molar-refractivity contribution is 6.00. The third-order valence-corrected chi connectivity index (χ3v) is 6.63. The number of nitrogens with zero attached hydrogens (tertiary/aromatic N) is 1. The largest absolute Gasteiger partial charge is 0.497 e. The van der Waals surface area contributed by atoms with E-state index in [-0.39, 0.29) is 5.63 Å². The molecule has 5 heteroatoms. The average Bonchev–Trinajstić information content (AvgIpc) is 2.85. The molecule has 34 heavy (non-hydrogen) atoms. The summed E-state index contributed by atoms with van der Waals surface area (Å²) in [6.07, 6.45) is 0. The molecule has 0 N–H and O–H groups in total. The molecule has 5 rings (SSSR count). The Balaban J connectivity index is 1.57.